The molecule has 7 heteroatoms. The Bertz CT molecular complexity index is 810. The molecule has 140 valence electrons. The predicted octanol–water partition coefficient (Wildman–Crippen LogP) is 2.79. The lowest BCUT2D eigenvalue weighted by atomic mass is 9.90. The third-order valence-electron chi connectivity index (χ3n) is 4.50. The second kappa shape index (κ2) is 7.68. The van der Waals surface area contributed by atoms with E-state index in [-0.39, 0.29) is 18.1 Å². The van der Waals surface area contributed by atoms with Crippen LogP contribution in [-0.4, -0.2) is 33.3 Å². The van der Waals surface area contributed by atoms with Gasteiger partial charge in [0.1, 0.15) is 5.82 Å². The third kappa shape index (κ3) is 4.47. The number of amides is 1. The highest BCUT2D eigenvalue weighted by atomic mass is 19.1. The molecule has 1 aromatic carbocycles. The van der Waals surface area contributed by atoms with Gasteiger partial charge in [-0.15, -0.1) is 0 Å². The first-order valence-electron chi connectivity index (χ1n) is 8.43. The second-order valence-corrected chi connectivity index (χ2v) is 7.00. The van der Waals surface area contributed by atoms with Crippen molar-refractivity contribution in [2.24, 2.45) is 5.41 Å². The maximum Gasteiger partial charge on any atom is 0.309 e. The van der Waals surface area contributed by atoms with Crippen LogP contribution in [0.3, 0.4) is 0 Å². The van der Waals surface area contributed by atoms with Crippen molar-refractivity contribution in [1.29, 1.82) is 0 Å². The summed E-state index contributed by atoms with van der Waals surface area (Å²) in [6.07, 6.45) is 0.507. The first-order chi connectivity index (χ1) is 12.1. The number of carbonyl (C=O) groups is 2. The van der Waals surface area contributed by atoms with Crippen molar-refractivity contribution in [2.75, 3.05) is 6.54 Å². The minimum Gasteiger partial charge on any atom is -0.481 e. The molecule has 6 nitrogen and oxygen atoms in total. The number of benzene rings is 1. The number of nitrogens with zero attached hydrogens (tertiary/aromatic N) is 2. The second-order valence-electron chi connectivity index (χ2n) is 7.00. The molecule has 0 fully saturated rings. The molecule has 0 spiro atoms. The van der Waals surface area contributed by atoms with Gasteiger partial charge in [0.05, 0.1) is 23.2 Å². The maximum atomic E-state index is 13.1. The van der Waals surface area contributed by atoms with Crippen molar-refractivity contribution in [1.82, 2.24) is 15.1 Å². The average Bonchev–Trinajstić information content (AvgIpc) is 2.83. The van der Waals surface area contributed by atoms with E-state index in [1.165, 1.54) is 12.1 Å². The highest BCUT2D eigenvalue weighted by Crippen LogP contribution is 2.20. The lowest BCUT2D eigenvalue weighted by molar-refractivity contribution is -0.147. The fourth-order valence-electron chi connectivity index (χ4n) is 2.61. The first kappa shape index (κ1) is 19.6. The Morgan fingerprint density at radius 2 is 1.85 bits per heavy atom. The normalized spacial score (nSPS) is 11.4. The van der Waals surface area contributed by atoms with E-state index < -0.39 is 11.4 Å². The van der Waals surface area contributed by atoms with Crippen molar-refractivity contribution >= 4 is 11.9 Å². The highest BCUT2D eigenvalue weighted by molar-refractivity contribution is 5.79. The summed E-state index contributed by atoms with van der Waals surface area (Å²) in [6.45, 7) is 7.23. The molecule has 0 aliphatic rings. The molecule has 0 bridgehead atoms. The Kier molecular flexibility index (Phi) is 5.79. The van der Waals surface area contributed by atoms with E-state index in [0.29, 0.717) is 13.0 Å². The fraction of sp³-hybridized carbons (Fsp3) is 0.421. The molecule has 26 heavy (non-hydrogen) atoms. The van der Waals surface area contributed by atoms with Crippen LogP contribution in [0.25, 0.3) is 5.69 Å². The van der Waals surface area contributed by atoms with Gasteiger partial charge in [0, 0.05) is 17.8 Å². The molecule has 2 aromatic rings. The van der Waals surface area contributed by atoms with Gasteiger partial charge in [0.15, 0.2) is 0 Å². The largest absolute Gasteiger partial charge is 0.481 e. The van der Waals surface area contributed by atoms with Gasteiger partial charge in [-0.25, -0.2) is 9.07 Å². The predicted molar refractivity (Wildman–Crippen MR) is 95.7 cm³/mol. The van der Waals surface area contributed by atoms with Gasteiger partial charge in [-0.1, -0.05) is 0 Å². The molecular formula is C19H24FN3O3. The monoisotopic (exact) mass is 361 g/mol. The van der Waals surface area contributed by atoms with Crippen LogP contribution in [0, 0.1) is 25.1 Å². The Labute approximate surface area is 152 Å². The van der Waals surface area contributed by atoms with Crippen LogP contribution in [-0.2, 0) is 16.0 Å². The summed E-state index contributed by atoms with van der Waals surface area (Å²) in [7, 11) is 0. The Balaban J connectivity index is 2.04. The number of aromatic nitrogens is 2. The number of rotatable bonds is 7. The number of aryl methyl sites for hydroxylation is 1. The number of nitrogens with one attached hydrogen (secondary N) is 1. The third-order valence-corrected chi connectivity index (χ3v) is 4.50. The van der Waals surface area contributed by atoms with Crippen LogP contribution in [0.15, 0.2) is 24.3 Å². The van der Waals surface area contributed by atoms with Gasteiger partial charge in [-0.3, -0.25) is 9.59 Å². The summed E-state index contributed by atoms with van der Waals surface area (Å²) >= 11 is 0. The molecule has 0 atom stereocenters. The fourth-order valence-corrected chi connectivity index (χ4v) is 2.61. The summed E-state index contributed by atoms with van der Waals surface area (Å²) in [6, 6.07) is 5.99. The molecule has 0 unspecified atom stereocenters. The van der Waals surface area contributed by atoms with E-state index in [1.807, 2.05) is 13.8 Å². The molecule has 0 aliphatic carbocycles. The van der Waals surface area contributed by atoms with E-state index >= 15 is 0 Å². The number of carboxylic acids is 1. The quantitative estimate of drug-likeness (QED) is 0.794. The number of hydrogen-bond acceptors (Lipinski definition) is 3. The molecule has 0 saturated heterocycles. The molecule has 0 saturated carbocycles. The lowest BCUT2D eigenvalue weighted by Crippen LogP contribution is -2.32. The number of aliphatic carboxylic acids is 1. The summed E-state index contributed by atoms with van der Waals surface area (Å²) in [5.41, 5.74) is 2.20. The molecule has 2 rings (SSSR count). The SMILES string of the molecule is Cc1nn(-c2ccc(F)cc2)c(C)c1CC(=O)NCCC(C)(C)C(=O)O. The van der Waals surface area contributed by atoms with Gasteiger partial charge in [-0.05, 0) is 58.4 Å². The highest BCUT2D eigenvalue weighted by Gasteiger charge is 2.26. The Morgan fingerprint density at radius 1 is 1.23 bits per heavy atom. The maximum absolute atomic E-state index is 13.1. The van der Waals surface area contributed by atoms with E-state index in [4.69, 9.17) is 5.11 Å². The van der Waals surface area contributed by atoms with Crippen LogP contribution in [0.5, 0.6) is 0 Å². The zero-order valence-corrected chi connectivity index (χ0v) is 15.5. The van der Waals surface area contributed by atoms with Crippen molar-refractivity contribution in [3.05, 3.63) is 47.0 Å². The minimum atomic E-state index is -0.890. The zero-order chi connectivity index (χ0) is 19.5. The summed E-state index contributed by atoms with van der Waals surface area (Å²) < 4.78 is 14.8. The topological polar surface area (TPSA) is 84.2 Å². The van der Waals surface area contributed by atoms with Gasteiger partial charge in [-0.2, -0.15) is 5.10 Å². The molecule has 1 amide bonds. The van der Waals surface area contributed by atoms with Crippen molar-refractivity contribution in [2.45, 2.75) is 40.5 Å². The molecule has 0 aliphatic heterocycles. The number of carboxylic acid groups (broad SMARTS) is 1. The average molecular weight is 361 g/mol. The van der Waals surface area contributed by atoms with Crippen LogP contribution in [0.2, 0.25) is 0 Å². The molecule has 1 aromatic heterocycles. The number of halogens is 1. The summed E-state index contributed by atoms with van der Waals surface area (Å²) in [5.74, 6) is -1.39. The van der Waals surface area contributed by atoms with Crippen LogP contribution in [0.4, 0.5) is 4.39 Å². The van der Waals surface area contributed by atoms with E-state index in [0.717, 1.165) is 22.6 Å². The number of carbonyl (C=O) groups excluding carboxylic acids is 1. The lowest BCUT2D eigenvalue weighted by Gasteiger charge is -2.18. The number of hydrogen-bond donors (Lipinski definition) is 2. The summed E-state index contributed by atoms with van der Waals surface area (Å²) in [4.78, 5) is 23.3. The van der Waals surface area contributed by atoms with E-state index in [9.17, 15) is 14.0 Å². The van der Waals surface area contributed by atoms with Crippen LogP contribution < -0.4 is 5.32 Å². The van der Waals surface area contributed by atoms with Crippen LogP contribution in [0.1, 0.15) is 37.2 Å². The van der Waals surface area contributed by atoms with Crippen LogP contribution >= 0.6 is 0 Å². The standard InChI is InChI=1S/C19H24FN3O3/c1-12-16(11-17(24)21-10-9-19(3,4)18(25)26)13(2)23(22-12)15-7-5-14(20)6-8-15/h5-8H,9-11H2,1-4H3,(H,21,24)(H,25,26). The van der Waals surface area contributed by atoms with Gasteiger partial charge in [0.2, 0.25) is 5.91 Å². The van der Waals surface area contributed by atoms with Crippen molar-refractivity contribution < 1.29 is 19.1 Å². The van der Waals surface area contributed by atoms with Gasteiger partial charge < -0.3 is 10.4 Å². The van der Waals surface area contributed by atoms with Crippen molar-refractivity contribution in [3.8, 4) is 5.69 Å². The van der Waals surface area contributed by atoms with Crippen molar-refractivity contribution in [3.63, 3.8) is 0 Å². The van der Waals surface area contributed by atoms with E-state index in [2.05, 4.69) is 10.4 Å². The Morgan fingerprint density at radius 3 is 2.42 bits per heavy atom. The first-order valence-corrected chi connectivity index (χ1v) is 8.43. The van der Waals surface area contributed by atoms with E-state index in [1.54, 1.807) is 30.7 Å². The zero-order valence-electron chi connectivity index (χ0n) is 15.5. The minimum absolute atomic E-state index is 0.159. The van der Waals surface area contributed by atoms with Gasteiger partial charge >= 0.3 is 5.97 Å². The molecular weight excluding hydrogens is 337 g/mol. The smallest absolute Gasteiger partial charge is 0.309 e. The van der Waals surface area contributed by atoms with Gasteiger partial charge in [0.25, 0.3) is 0 Å². The molecule has 0 radical (unpaired) electrons. The molecule has 2 N–H and O–H groups in total. The Hall–Kier alpha value is -2.70. The molecule has 1 heterocycles. The summed E-state index contributed by atoms with van der Waals surface area (Å²) in [5, 5.41) is 16.3.